The first kappa shape index (κ1) is 20.6. The summed E-state index contributed by atoms with van der Waals surface area (Å²) in [6.07, 6.45) is -4.53. The molecule has 2 aromatic carbocycles. The summed E-state index contributed by atoms with van der Waals surface area (Å²) >= 11 is 0. The van der Waals surface area contributed by atoms with E-state index in [4.69, 9.17) is 9.47 Å². The topological polar surface area (TPSA) is 48.4 Å². The number of alkyl halides is 3. The summed E-state index contributed by atoms with van der Waals surface area (Å²) in [4.78, 5) is 16.8. The number of hydrogen-bond donors (Lipinski definition) is 0. The highest BCUT2D eigenvalue weighted by atomic mass is 19.4. The number of esters is 1. The zero-order valence-electron chi connectivity index (χ0n) is 15.9. The SMILES string of the molecule is CCOc1cc2nc(-c3cccc(C(F)(F)F)c3)c(C)c(C(=O)OC)c2cc1F. The molecule has 1 aromatic heterocycles. The fraction of sp³-hybridized carbons (Fsp3) is 0.238. The van der Waals surface area contributed by atoms with Gasteiger partial charge in [-0.3, -0.25) is 0 Å². The van der Waals surface area contributed by atoms with Crippen LogP contribution in [0.4, 0.5) is 17.6 Å². The highest BCUT2D eigenvalue weighted by Gasteiger charge is 2.31. The number of aromatic nitrogens is 1. The minimum absolute atomic E-state index is 0.0341. The van der Waals surface area contributed by atoms with E-state index in [1.165, 1.54) is 32.2 Å². The molecular weight excluding hydrogens is 390 g/mol. The molecule has 0 N–H and O–H groups in total. The number of hydrogen-bond acceptors (Lipinski definition) is 4. The predicted molar refractivity (Wildman–Crippen MR) is 99.4 cm³/mol. The van der Waals surface area contributed by atoms with Gasteiger partial charge in [-0.05, 0) is 37.6 Å². The van der Waals surface area contributed by atoms with Crippen LogP contribution in [0.25, 0.3) is 22.2 Å². The van der Waals surface area contributed by atoms with E-state index < -0.39 is 23.5 Å². The molecule has 0 aliphatic carbocycles. The van der Waals surface area contributed by atoms with Crippen LogP contribution in [-0.2, 0) is 10.9 Å². The van der Waals surface area contributed by atoms with Crippen molar-refractivity contribution in [2.75, 3.05) is 13.7 Å². The van der Waals surface area contributed by atoms with E-state index in [1.54, 1.807) is 6.92 Å². The number of pyridine rings is 1. The maximum Gasteiger partial charge on any atom is 0.416 e. The Morgan fingerprint density at radius 1 is 1.17 bits per heavy atom. The second-order valence-electron chi connectivity index (χ2n) is 6.26. The highest BCUT2D eigenvalue weighted by molar-refractivity contribution is 6.06. The predicted octanol–water partition coefficient (Wildman–Crippen LogP) is 5.55. The average Bonchev–Trinajstić information content (AvgIpc) is 2.67. The summed E-state index contributed by atoms with van der Waals surface area (Å²) in [5.41, 5.74) is 0.0158. The van der Waals surface area contributed by atoms with Crippen LogP contribution >= 0.6 is 0 Å². The minimum atomic E-state index is -4.53. The van der Waals surface area contributed by atoms with Crippen LogP contribution in [0.3, 0.4) is 0 Å². The number of methoxy groups -OCH3 is 1. The van der Waals surface area contributed by atoms with Crippen LogP contribution in [-0.4, -0.2) is 24.7 Å². The van der Waals surface area contributed by atoms with Gasteiger partial charge < -0.3 is 9.47 Å². The molecular formula is C21H17F4NO3. The largest absolute Gasteiger partial charge is 0.491 e. The van der Waals surface area contributed by atoms with Crippen molar-refractivity contribution in [1.29, 1.82) is 0 Å². The Morgan fingerprint density at radius 3 is 2.52 bits per heavy atom. The third-order valence-electron chi connectivity index (χ3n) is 4.43. The molecule has 0 saturated carbocycles. The lowest BCUT2D eigenvalue weighted by atomic mass is 9.96. The lowest BCUT2D eigenvalue weighted by Gasteiger charge is -2.15. The number of ether oxygens (including phenoxy) is 2. The molecule has 8 heteroatoms. The first-order valence-corrected chi connectivity index (χ1v) is 8.70. The lowest BCUT2D eigenvalue weighted by Crippen LogP contribution is -2.09. The van der Waals surface area contributed by atoms with Gasteiger partial charge in [-0.25, -0.2) is 14.2 Å². The van der Waals surface area contributed by atoms with Gasteiger partial charge >= 0.3 is 12.1 Å². The Kier molecular flexibility index (Phi) is 5.46. The van der Waals surface area contributed by atoms with Gasteiger partial charge in [0.25, 0.3) is 0 Å². The number of fused-ring (bicyclic) bond motifs is 1. The third kappa shape index (κ3) is 3.87. The van der Waals surface area contributed by atoms with Gasteiger partial charge in [0, 0.05) is 17.0 Å². The molecule has 0 spiro atoms. The van der Waals surface area contributed by atoms with Crippen molar-refractivity contribution in [3.63, 3.8) is 0 Å². The summed E-state index contributed by atoms with van der Waals surface area (Å²) in [6.45, 7) is 3.42. The number of nitrogens with zero attached hydrogens (tertiary/aromatic N) is 1. The molecule has 4 nitrogen and oxygen atoms in total. The van der Waals surface area contributed by atoms with Crippen molar-refractivity contribution in [2.45, 2.75) is 20.0 Å². The minimum Gasteiger partial charge on any atom is -0.491 e. The zero-order valence-corrected chi connectivity index (χ0v) is 15.9. The molecule has 0 bridgehead atoms. The van der Waals surface area contributed by atoms with Gasteiger partial charge in [-0.2, -0.15) is 13.2 Å². The highest BCUT2D eigenvalue weighted by Crippen LogP contribution is 2.36. The summed E-state index contributed by atoms with van der Waals surface area (Å²) in [7, 11) is 1.17. The van der Waals surface area contributed by atoms with Crippen molar-refractivity contribution >= 4 is 16.9 Å². The second-order valence-corrected chi connectivity index (χ2v) is 6.26. The van der Waals surface area contributed by atoms with E-state index in [9.17, 15) is 22.4 Å². The molecule has 0 aliphatic rings. The van der Waals surface area contributed by atoms with E-state index in [0.29, 0.717) is 0 Å². The van der Waals surface area contributed by atoms with Gasteiger partial charge in [-0.15, -0.1) is 0 Å². The molecule has 0 radical (unpaired) electrons. The van der Waals surface area contributed by atoms with Gasteiger partial charge in [-0.1, -0.05) is 12.1 Å². The van der Waals surface area contributed by atoms with Gasteiger partial charge in [0.05, 0.1) is 36.1 Å². The van der Waals surface area contributed by atoms with Crippen LogP contribution in [0.5, 0.6) is 5.75 Å². The molecule has 1 heterocycles. The van der Waals surface area contributed by atoms with Crippen LogP contribution in [0, 0.1) is 12.7 Å². The summed E-state index contributed by atoms with van der Waals surface area (Å²) in [5.74, 6) is -1.49. The average molecular weight is 407 g/mol. The summed E-state index contributed by atoms with van der Waals surface area (Å²) in [6, 6.07) is 7.06. The van der Waals surface area contributed by atoms with Crippen molar-refractivity contribution in [1.82, 2.24) is 4.98 Å². The summed E-state index contributed by atoms with van der Waals surface area (Å²) in [5, 5.41) is 0.186. The normalized spacial score (nSPS) is 11.6. The Morgan fingerprint density at radius 2 is 1.90 bits per heavy atom. The lowest BCUT2D eigenvalue weighted by molar-refractivity contribution is -0.137. The second kappa shape index (κ2) is 7.69. The molecule has 29 heavy (non-hydrogen) atoms. The molecule has 0 saturated heterocycles. The van der Waals surface area contributed by atoms with Gasteiger partial charge in [0.1, 0.15) is 0 Å². The molecule has 3 rings (SSSR count). The molecule has 3 aromatic rings. The first-order chi connectivity index (χ1) is 13.7. The monoisotopic (exact) mass is 407 g/mol. The molecule has 0 amide bonds. The Labute approximate surface area is 164 Å². The maximum atomic E-state index is 14.4. The molecule has 0 atom stereocenters. The van der Waals surface area contributed by atoms with Gasteiger partial charge in [0.2, 0.25) is 0 Å². The smallest absolute Gasteiger partial charge is 0.416 e. The Bertz CT molecular complexity index is 1090. The maximum absolute atomic E-state index is 14.4. The molecule has 0 unspecified atom stereocenters. The van der Waals surface area contributed by atoms with Crippen molar-refractivity contribution in [2.24, 2.45) is 0 Å². The van der Waals surface area contributed by atoms with Crippen LogP contribution in [0.15, 0.2) is 36.4 Å². The quantitative estimate of drug-likeness (QED) is 0.420. The van der Waals surface area contributed by atoms with E-state index in [2.05, 4.69) is 4.98 Å². The Balaban J connectivity index is 2.34. The number of benzene rings is 2. The van der Waals surface area contributed by atoms with Crippen molar-refractivity contribution < 1.29 is 31.8 Å². The van der Waals surface area contributed by atoms with E-state index in [-0.39, 0.29) is 45.6 Å². The standard InChI is InChI=1S/C21H17F4NO3/c1-4-29-17-10-16-14(9-15(17)22)18(20(27)28-3)11(2)19(26-16)12-6-5-7-13(8-12)21(23,24)25/h5-10H,4H2,1-3H3. The first-order valence-electron chi connectivity index (χ1n) is 8.70. The fourth-order valence-electron chi connectivity index (χ4n) is 3.12. The molecule has 0 aliphatic heterocycles. The van der Waals surface area contributed by atoms with Crippen molar-refractivity contribution in [3.8, 4) is 17.0 Å². The zero-order chi connectivity index (χ0) is 21.3. The fourth-order valence-corrected chi connectivity index (χ4v) is 3.12. The number of halogens is 4. The third-order valence-corrected chi connectivity index (χ3v) is 4.43. The van der Waals surface area contributed by atoms with E-state index in [0.717, 1.165) is 18.2 Å². The van der Waals surface area contributed by atoms with E-state index in [1.807, 2.05) is 0 Å². The Hall–Kier alpha value is -3.16. The van der Waals surface area contributed by atoms with E-state index >= 15 is 0 Å². The van der Waals surface area contributed by atoms with Gasteiger partial charge in [0.15, 0.2) is 11.6 Å². The van der Waals surface area contributed by atoms with Crippen LogP contribution in [0.1, 0.15) is 28.4 Å². The van der Waals surface area contributed by atoms with Crippen LogP contribution < -0.4 is 4.74 Å². The van der Waals surface area contributed by atoms with Crippen LogP contribution in [0.2, 0.25) is 0 Å². The number of carbonyl (C=O) groups is 1. The molecule has 0 fully saturated rings. The van der Waals surface area contributed by atoms with Crippen molar-refractivity contribution in [3.05, 3.63) is 58.9 Å². The number of carbonyl (C=O) groups excluding carboxylic acids is 1. The summed E-state index contributed by atoms with van der Waals surface area (Å²) < 4.78 is 63.8. The number of rotatable bonds is 4. The molecule has 152 valence electrons.